The summed E-state index contributed by atoms with van der Waals surface area (Å²) in [5.74, 6) is -1.20. The van der Waals surface area contributed by atoms with Crippen LogP contribution in [0.5, 0.6) is 0 Å². The zero-order valence-electron chi connectivity index (χ0n) is 18.1. The Morgan fingerprint density at radius 3 is 2.59 bits per heavy atom. The third kappa shape index (κ3) is 4.85. The average molecular weight is 547 g/mol. The standard InChI is InChI=1S/C21H17BrClN7O4/c1-10-11(2)17(13(7-12(10)9-24)20(32)29(3)28-21(33)34)26-19(31)15-8-16(22)27-30(15)18-14(23)5-4-6-25-18/h4-8,28H,1-3H3,(H,26,31)(H,33,34). The van der Waals surface area contributed by atoms with Crippen LogP contribution in [0.15, 0.2) is 35.1 Å². The first-order valence-corrected chi connectivity index (χ1v) is 10.7. The Hall–Kier alpha value is -3.95. The number of benzene rings is 1. The second-order valence-corrected chi connectivity index (χ2v) is 8.24. The number of aromatic nitrogens is 3. The normalized spacial score (nSPS) is 10.4. The average Bonchev–Trinajstić information content (AvgIpc) is 3.18. The number of nitrogens with zero attached hydrogens (tertiary/aromatic N) is 5. The van der Waals surface area contributed by atoms with Gasteiger partial charge in [-0.15, -0.1) is 0 Å². The molecule has 11 nitrogen and oxygen atoms in total. The van der Waals surface area contributed by atoms with E-state index < -0.39 is 17.9 Å². The van der Waals surface area contributed by atoms with E-state index in [-0.39, 0.29) is 33.3 Å². The van der Waals surface area contributed by atoms with Crippen LogP contribution in [-0.4, -0.2) is 49.8 Å². The minimum Gasteiger partial charge on any atom is -0.464 e. The second-order valence-electron chi connectivity index (χ2n) is 7.02. The summed E-state index contributed by atoms with van der Waals surface area (Å²) in [7, 11) is 1.21. The molecule has 3 rings (SSSR count). The van der Waals surface area contributed by atoms with Gasteiger partial charge in [0.2, 0.25) is 0 Å². The van der Waals surface area contributed by atoms with Gasteiger partial charge < -0.3 is 10.4 Å². The number of halogens is 2. The van der Waals surface area contributed by atoms with Crippen LogP contribution in [0.2, 0.25) is 5.02 Å². The lowest BCUT2D eigenvalue weighted by Crippen LogP contribution is -2.43. The Balaban J connectivity index is 2.10. The van der Waals surface area contributed by atoms with E-state index in [2.05, 4.69) is 31.3 Å². The highest BCUT2D eigenvalue weighted by molar-refractivity contribution is 9.10. The van der Waals surface area contributed by atoms with Gasteiger partial charge in [0.15, 0.2) is 5.82 Å². The maximum Gasteiger partial charge on any atom is 0.423 e. The van der Waals surface area contributed by atoms with Crippen LogP contribution in [0.25, 0.3) is 5.82 Å². The first kappa shape index (κ1) is 24.7. The van der Waals surface area contributed by atoms with Crippen LogP contribution in [-0.2, 0) is 0 Å². The van der Waals surface area contributed by atoms with Crippen LogP contribution in [0.1, 0.15) is 37.5 Å². The summed E-state index contributed by atoms with van der Waals surface area (Å²) in [6.45, 7) is 3.31. The van der Waals surface area contributed by atoms with Crippen LogP contribution >= 0.6 is 27.5 Å². The zero-order valence-corrected chi connectivity index (χ0v) is 20.4. The fourth-order valence-corrected chi connectivity index (χ4v) is 3.70. The highest BCUT2D eigenvalue weighted by atomic mass is 79.9. The maximum atomic E-state index is 13.3. The van der Waals surface area contributed by atoms with Gasteiger partial charge in [-0.1, -0.05) is 11.6 Å². The molecule has 0 saturated carbocycles. The number of pyridine rings is 1. The number of carbonyl (C=O) groups is 3. The Morgan fingerprint density at radius 1 is 1.26 bits per heavy atom. The molecule has 0 atom stereocenters. The van der Waals surface area contributed by atoms with Gasteiger partial charge in [0.25, 0.3) is 11.8 Å². The lowest BCUT2D eigenvalue weighted by Gasteiger charge is -2.21. The molecule has 13 heteroatoms. The Kier molecular flexibility index (Phi) is 7.19. The molecule has 0 radical (unpaired) electrons. The topological polar surface area (TPSA) is 153 Å². The number of rotatable bonds is 4. The van der Waals surface area contributed by atoms with Crippen molar-refractivity contribution >= 4 is 51.1 Å². The molecule has 0 fully saturated rings. The Bertz CT molecular complexity index is 1370. The second kappa shape index (κ2) is 9.90. The molecule has 3 amide bonds. The van der Waals surface area contributed by atoms with E-state index in [1.165, 1.54) is 30.1 Å². The number of hydrogen-bond acceptors (Lipinski definition) is 6. The number of hydrogen-bond donors (Lipinski definition) is 3. The molecule has 0 aliphatic rings. The van der Waals surface area contributed by atoms with Crippen molar-refractivity contribution in [2.45, 2.75) is 13.8 Å². The van der Waals surface area contributed by atoms with Crippen LogP contribution < -0.4 is 10.7 Å². The van der Waals surface area contributed by atoms with E-state index in [1.807, 2.05) is 11.5 Å². The van der Waals surface area contributed by atoms with Gasteiger partial charge in [-0.2, -0.15) is 10.4 Å². The van der Waals surface area contributed by atoms with Crippen molar-refractivity contribution in [2.75, 3.05) is 12.4 Å². The lowest BCUT2D eigenvalue weighted by molar-refractivity contribution is 0.0706. The van der Waals surface area contributed by atoms with Crippen molar-refractivity contribution in [3.8, 4) is 11.9 Å². The Morgan fingerprint density at radius 2 is 1.97 bits per heavy atom. The maximum absolute atomic E-state index is 13.3. The van der Waals surface area contributed by atoms with Gasteiger partial charge >= 0.3 is 6.09 Å². The van der Waals surface area contributed by atoms with E-state index in [0.29, 0.717) is 15.7 Å². The van der Waals surface area contributed by atoms with Crippen LogP contribution in [0, 0.1) is 25.2 Å². The number of carboxylic acid groups (broad SMARTS) is 1. The third-order valence-electron chi connectivity index (χ3n) is 4.91. The molecule has 0 aliphatic heterocycles. The minimum absolute atomic E-state index is 0.0595. The predicted octanol–water partition coefficient (Wildman–Crippen LogP) is 3.68. The SMILES string of the molecule is Cc1c(C#N)cc(C(=O)N(C)NC(=O)O)c(NC(=O)c2cc(Br)nn2-c2ncccc2Cl)c1C. The number of carbonyl (C=O) groups excluding carboxylic acids is 2. The number of nitriles is 1. The summed E-state index contributed by atoms with van der Waals surface area (Å²) in [5.41, 5.74) is 3.23. The minimum atomic E-state index is -1.45. The summed E-state index contributed by atoms with van der Waals surface area (Å²) in [6.07, 6.45) is 0.0426. The fraction of sp³-hybridized carbons (Fsp3) is 0.143. The van der Waals surface area contributed by atoms with E-state index in [9.17, 15) is 19.6 Å². The molecule has 0 bridgehead atoms. The molecule has 1 aromatic carbocycles. The molecule has 174 valence electrons. The van der Waals surface area contributed by atoms with Crippen molar-refractivity contribution in [3.63, 3.8) is 0 Å². The van der Waals surface area contributed by atoms with Gasteiger partial charge in [0.05, 0.1) is 27.9 Å². The van der Waals surface area contributed by atoms with Gasteiger partial charge in [0, 0.05) is 19.3 Å². The smallest absolute Gasteiger partial charge is 0.423 e. The zero-order chi connectivity index (χ0) is 25.2. The van der Waals surface area contributed by atoms with E-state index >= 15 is 0 Å². The molecule has 3 aromatic rings. The molecule has 0 unspecified atom stereocenters. The number of amides is 3. The van der Waals surface area contributed by atoms with Gasteiger partial charge in [-0.05, 0) is 59.1 Å². The monoisotopic (exact) mass is 545 g/mol. The fourth-order valence-electron chi connectivity index (χ4n) is 3.12. The Labute approximate surface area is 207 Å². The number of nitrogens with one attached hydrogen (secondary N) is 2. The molecule has 0 spiro atoms. The van der Waals surface area contributed by atoms with Crippen molar-refractivity contribution in [3.05, 3.63) is 68.0 Å². The quantitative estimate of drug-likeness (QED) is 0.422. The molecule has 34 heavy (non-hydrogen) atoms. The van der Waals surface area contributed by atoms with Crippen molar-refractivity contribution in [1.82, 2.24) is 25.2 Å². The van der Waals surface area contributed by atoms with E-state index in [4.69, 9.17) is 16.7 Å². The summed E-state index contributed by atoms with van der Waals surface area (Å²) >= 11 is 9.46. The summed E-state index contributed by atoms with van der Waals surface area (Å²) < 4.78 is 1.58. The van der Waals surface area contributed by atoms with Crippen molar-refractivity contribution < 1.29 is 19.5 Å². The first-order valence-electron chi connectivity index (χ1n) is 9.54. The molecule has 2 aromatic heterocycles. The molecular formula is C21H17BrClN7O4. The summed E-state index contributed by atoms with van der Waals surface area (Å²) in [6, 6.07) is 7.97. The van der Waals surface area contributed by atoms with Gasteiger partial charge in [-0.25, -0.2) is 19.9 Å². The highest BCUT2D eigenvalue weighted by Crippen LogP contribution is 2.29. The predicted molar refractivity (Wildman–Crippen MR) is 126 cm³/mol. The summed E-state index contributed by atoms with van der Waals surface area (Å²) in [4.78, 5) is 41.4. The van der Waals surface area contributed by atoms with E-state index in [1.54, 1.807) is 26.0 Å². The van der Waals surface area contributed by atoms with Gasteiger partial charge in [0.1, 0.15) is 10.3 Å². The summed E-state index contributed by atoms with van der Waals surface area (Å²) in [5, 5.41) is 26.3. The molecule has 2 heterocycles. The highest BCUT2D eigenvalue weighted by Gasteiger charge is 2.25. The molecule has 3 N–H and O–H groups in total. The van der Waals surface area contributed by atoms with E-state index in [0.717, 1.165) is 5.01 Å². The van der Waals surface area contributed by atoms with Crippen molar-refractivity contribution in [1.29, 1.82) is 5.26 Å². The lowest BCUT2D eigenvalue weighted by atomic mass is 9.96. The van der Waals surface area contributed by atoms with Crippen molar-refractivity contribution in [2.24, 2.45) is 0 Å². The third-order valence-corrected chi connectivity index (χ3v) is 5.59. The molecule has 0 aliphatic carbocycles. The van der Waals surface area contributed by atoms with Crippen LogP contribution in [0.3, 0.4) is 0 Å². The van der Waals surface area contributed by atoms with Gasteiger partial charge in [-0.3, -0.25) is 14.6 Å². The molecule has 0 saturated heterocycles. The first-order chi connectivity index (χ1) is 16.0. The number of hydrazine groups is 1. The number of anilines is 1. The molecular weight excluding hydrogens is 530 g/mol. The van der Waals surface area contributed by atoms with Crippen LogP contribution in [0.4, 0.5) is 10.5 Å². The largest absolute Gasteiger partial charge is 0.464 e.